The molecule has 0 atom stereocenters. The Labute approximate surface area is 104 Å². The second kappa shape index (κ2) is 6.45. The van der Waals surface area contributed by atoms with Gasteiger partial charge in [0.05, 0.1) is 6.54 Å². The highest BCUT2D eigenvalue weighted by Gasteiger charge is 2.03. The molecule has 0 radical (unpaired) electrons. The van der Waals surface area contributed by atoms with Gasteiger partial charge in [0.25, 0.3) is 0 Å². The van der Waals surface area contributed by atoms with Gasteiger partial charge in [-0.05, 0) is 18.6 Å². The molecule has 0 fully saturated rings. The molecule has 0 unspecified atom stereocenters. The molecule has 1 amide bonds. The van der Waals surface area contributed by atoms with E-state index < -0.39 is 0 Å². The van der Waals surface area contributed by atoms with E-state index in [0.29, 0.717) is 6.54 Å². The first kappa shape index (κ1) is 12.9. The number of hydrogen-bond acceptors (Lipinski definition) is 2. The zero-order valence-corrected chi connectivity index (χ0v) is 10.8. The third-order valence-electron chi connectivity index (χ3n) is 2.02. The van der Waals surface area contributed by atoms with Crippen LogP contribution in [0.25, 0.3) is 0 Å². The first-order valence-corrected chi connectivity index (χ1v) is 5.78. The quantitative estimate of drug-likeness (QED) is 0.871. The van der Waals surface area contributed by atoms with Crippen LogP contribution in [0, 0.1) is 6.92 Å². The topological polar surface area (TPSA) is 41.1 Å². The number of aryl methyl sites for hydroxylation is 1. The van der Waals surface area contributed by atoms with E-state index in [1.54, 1.807) is 0 Å². The summed E-state index contributed by atoms with van der Waals surface area (Å²) in [7, 11) is 0. The van der Waals surface area contributed by atoms with E-state index in [1.807, 2.05) is 31.2 Å². The van der Waals surface area contributed by atoms with Crippen molar-refractivity contribution in [3.8, 4) is 0 Å². The van der Waals surface area contributed by atoms with Gasteiger partial charge in [0.2, 0.25) is 5.91 Å². The minimum absolute atomic E-state index is 0.0527. The summed E-state index contributed by atoms with van der Waals surface area (Å²) >= 11 is 3.21. The first-order valence-electron chi connectivity index (χ1n) is 4.99. The molecule has 0 aliphatic carbocycles. The molecule has 1 aromatic rings. The van der Waals surface area contributed by atoms with Gasteiger partial charge in [-0.2, -0.15) is 0 Å². The molecule has 86 valence electrons. The van der Waals surface area contributed by atoms with E-state index in [0.717, 1.165) is 15.7 Å². The van der Waals surface area contributed by atoms with Crippen molar-refractivity contribution < 1.29 is 4.79 Å². The predicted octanol–water partition coefficient (Wildman–Crippen LogP) is 2.43. The van der Waals surface area contributed by atoms with E-state index in [-0.39, 0.29) is 12.5 Å². The fourth-order valence-electron chi connectivity index (χ4n) is 1.22. The number of nitrogens with one attached hydrogen (secondary N) is 2. The van der Waals surface area contributed by atoms with E-state index >= 15 is 0 Å². The van der Waals surface area contributed by atoms with Gasteiger partial charge in [0.1, 0.15) is 0 Å². The van der Waals surface area contributed by atoms with Crippen molar-refractivity contribution in [1.29, 1.82) is 0 Å². The molecule has 0 aliphatic heterocycles. The maximum absolute atomic E-state index is 11.5. The van der Waals surface area contributed by atoms with Crippen LogP contribution in [0.5, 0.6) is 0 Å². The molecule has 0 heterocycles. The molecule has 0 saturated heterocycles. The molecule has 0 bridgehead atoms. The largest absolute Gasteiger partial charge is 0.325 e. The predicted molar refractivity (Wildman–Crippen MR) is 70.7 cm³/mol. The lowest BCUT2D eigenvalue weighted by Gasteiger charge is -2.08. The van der Waals surface area contributed by atoms with Gasteiger partial charge in [-0.1, -0.05) is 40.7 Å². The number of halogens is 1. The average Bonchev–Trinajstić information content (AvgIpc) is 2.21. The molecule has 1 aromatic carbocycles. The monoisotopic (exact) mass is 282 g/mol. The van der Waals surface area contributed by atoms with E-state index in [4.69, 9.17) is 0 Å². The van der Waals surface area contributed by atoms with E-state index in [2.05, 4.69) is 33.1 Å². The summed E-state index contributed by atoms with van der Waals surface area (Å²) < 4.78 is 0.830. The smallest absolute Gasteiger partial charge is 0.238 e. The summed E-state index contributed by atoms with van der Waals surface area (Å²) in [5.41, 5.74) is 1.91. The van der Waals surface area contributed by atoms with Gasteiger partial charge in [0.15, 0.2) is 0 Å². The number of rotatable bonds is 5. The maximum atomic E-state index is 11.5. The summed E-state index contributed by atoms with van der Waals surface area (Å²) in [6.07, 6.45) is 0. The highest BCUT2D eigenvalue weighted by molar-refractivity contribution is 9.11. The summed E-state index contributed by atoms with van der Waals surface area (Å²) in [6, 6.07) is 7.69. The van der Waals surface area contributed by atoms with Gasteiger partial charge >= 0.3 is 0 Å². The third kappa shape index (κ3) is 4.59. The highest BCUT2D eigenvalue weighted by atomic mass is 79.9. The number of benzene rings is 1. The van der Waals surface area contributed by atoms with Crippen molar-refractivity contribution in [2.75, 3.05) is 18.4 Å². The standard InChI is InChI=1S/C12H15BrN2O/c1-9-5-3-4-6-11(9)15-12(16)8-14-7-10(2)13/h3-6,14H,2,7-8H2,1H3,(H,15,16). The van der Waals surface area contributed by atoms with Crippen LogP contribution in [0.1, 0.15) is 5.56 Å². The van der Waals surface area contributed by atoms with Crippen LogP contribution in [-0.2, 0) is 4.79 Å². The Bertz CT molecular complexity index is 390. The van der Waals surface area contributed by atoms with Crippen molar-refractivity contribution in [2.45, 2.75) is 6.92 Å². The summed E-state index contributed by atoms with van der Waals surface area (Å²) in [6.45, 7) is 6.50. The molecule has 16 heavy (non-hydrogen) atoms. The zero-order valence-electron chi connectivity index (χ0n) is 9.22. The lowest BCUT2D eigenvalue weighted by atomic mass is 10.2. The van der Waals surface area contributed by atoms with Crippen molar-refractivity contribution >= 4 is 27.5 Å². The van der Waals surface area contributed by atoms with Crippen LogP contribution in [0.3, 0.4) is 0 Å². The third-order valence-corrected chi connectivity index (χ3v) is 2.30. The van der Waals surface area contributed by atoms with E-state index in [1.165, 1.54) is 0 Å². The highest BCUT2D eigenvalue weighted by Crippen LogP contribution is 2.12. The average molecular weight is 283 g/mol. The van der Waals surface area contributed by atoms with Crippen molar-refractivity contribution in [2.24, 2.45) is 0 Å². The molecule has 1 rings (SSSR count). The van der Waals surface area contributed by atoms with Gasteiger partial charge < -0.3 is 10.6 Å². The molecular weight excluding hydrogens is 268 g/mol. The molecule has 0 aliphatic rings. The van der Waals surface area contributed by atoms with Crippen molar-refractivity contribution in [1.82, 2.24) is 5.32 Å². The van der Waals surface area contributed by atoms with E-state index in [9.17, 15) is 4.79 Å². The van der Waals surface area contributed by atoms with Crippen LogP contribution in [0.15, 0.2) is 35.3 Å². The Morgan fingerprint density at radius 2 is 2.06 bits per heavy atom. The summed E-state index contributed by atoms with van der Waals surface area (Å²) in [5, 5.41) is 5.80. The number of para-hydroxylation sites is 1. The fourth-order valence-corrected chi connectivity index (χ4v) is 1.42. The molecule has 3 nitrogen and oxygen atoms in total. The normalized spacial score (nSPS) is 9.88. The number of amides is 1. The fraction of sp³-hybridized carbons (Fsp3) is 0.250. The molecule has 0 spiro atoms. The second-order valence-electron chi connectivity index (χ2n) is 3.48. The molecule has 2 N–H and O–H groups in total. The van der Waals surface area contributed by atoms with Gasteiger partial charge in [-0.3, -0.25) is 4.79 Å². The molecule has 0 aromatic heterocycles. The molecule has 0 saturated carbocycles. The zero-order chi connectivity index (χ0) is 12.0. The minimum atomic E-state index is -0.0527. The van der Waals surface area contributed by atoms with Crippen molar-refractivity contribution in [3.05, 3.63) is 40.9 Å². The summed E-state index contributed by atoms with van der Waals surface area (Å²) in [4.78, 5) is 11.5. The SMILES string of the molecule is C=C(Br)CNCC(=O)Nc1ccccc1C. The lowest BCUT2D eigenvalue weighted by molar-refractivity contribution is -0.115. The van der Waals surface area contributed by atoms with Crippen LogP contribution < -0.4 is 10.6 Å². The number of carbonyl (C=O) groups excluding carboxylic acids is 1. The van der Waals surface area contributed by atoms with Crippen LogP contribution in [0.2, 0.25) is 0 Å². The Balaban J connectivity index is 2.40. The maximum Gasteiger partial charge on any atom is 0.238 e. The Kier molecular flexibility index (Phi) is 5.22. The number of carbonyl (C=O) groups is 1. The van der Waals surface area contributed by atoms with Gasteiger partial charge in [0, 0.05) is 16.7 Å². The van der Waals surface area contributed by atoms with Crippen LogP contribution >= 0.6 is 15.9 Å². The Hall–Kier alpha value is -1.13. The molecule has 4 heteroatoms. The van der Waals surface area contributed by atoms with Crippen molar-refractivity contribution in [3.63, 3.8) is 0 Å². The Morgan fingerprint density at radius 3 is 2.69 bits per heavy atom. The van der Waals surface area contributed by atoms with Gasteiger partial charge in [-0.25, -0.2) is 0 Å². The molecular formula is C12H15BrN2O. The van der Waals surface area contributed by atoms with Gasteiger partial charge in [-0.15, -0.1) is 0 Å². The Morgan fingerprint density at radius 1 is 1.38 bits per heavy atom. The minimum Gasteiger partial charge on any atom is -0.325 e. The van der Waals surface area contributed by atoms with Crippen LogP contribution in [-0.4, -0.2) is 19.0 Å². The summed E-state index contributed by atoms with van der Waals surface area (Å²) in [5.74, 6) is -0.0527. The first-order chi connectivity index (χ1) is 7.59. The van der Waals surface area contributed by atoms with Crippen LogP contribution in [0.4, 0.5) is 5.69 Å². The lowest BCUT2D eigenvalue weighted by Crippen LogP contribution is -2.28. The number of anilines is 1. The number of hydrogen-bond donors (Lipinski definition) is 2. The second-order valence-corrected chi connectivity index (χ2v) is 4.61.